The molecule has 0 radical (unpaired) electrons. The summed E-state index contributed by atoms with van der Waals surface area (Å²) >= 11 is 0. The van der Waals surface area contributed by atoms with Gasteiger partial charge in [0.15, 0.2) is 13.2 Å². The first-order valence-electron chi connectivity index (χ1n) is 6.14. The maximum Gasteiger partial charge on any atom is 0.306 e. The van der Waals surface area contributed by atoms with Crippen molar-refractivity contribution in [3.05, 3.63) is 0 Å². The molecule has 0 fully saturated rings. The second kappa shape index (κ2) is 8.66. The highest BCUT2D eigenvalue weighted by Gasteiger charge is 2.12. The summed E-state index contributed by atoms with van der Waals surface area (Å²) in [4.78, 5) is 33.6. The van der Waals surface area contributed by atoms with E-state index in [0.29, 0.717) is 0 Å². The molecule has 0 spiro atoms. The number of hydrogen-bond acceptors (Lipinski definition) is 5. The third-order valence-corrected chi connectivity index (χ3v) is 1.94. The van der Waals surface area contributed by atoms with E-state index in [2.05, 4.69) is 0 Å². The van der Waals surface area contributed by atoms with Crippen LogP contribution in [0.25, 0.3) is 0 Å². The molecule has 0 aromatic heterocycles. The van der Waals surface area contributed by atoms with Gasteiger partial charge in [0.25, 0.3) is 0 Å². The minimum Gasteiger partial charge on any atom is -0.458 e. The van der Waals surface area contributed by atoms with Gasteiger partial charge in [0.1, 0.15) is 0 Å². The maximum atomic E-state index is 11.3. The van der Waals surface area contributed by atoms with Crippen LogP contribution in [0.3, 0.4) is 0 Å². The Bertz CT molecular complexity index is 266. The number of carbonyl (C=O) groups excluding carboxylic acids is 3. The summed E-state index contributed by atoms with van der Waals surface area (Å²) in [5.41, 5.74) is 0. The topological polar surface area (TPSA) is 69.7 Å². The largest absolute Gasteiger partial charge is 0.458 e. The first kappa shape index (κ1) is 16.6. The van der Waals surface area contributed by atoms with Crippen molar-refractivity contribution in [3.63, 3.8) is 0 Å². The van der Waals surface area contributed by atoms with Gasteiger partial charge >= 0.3 is 11.9 Å². The summed E-state index contributed by atoms with van der Waals surface area (Å²) in [6, 6.07) is 0. The maximum absolute atomic E-state index is 11.3. The van der Waals surface area contributed by atoms with Crippen LogP contribution < -0.4 is 0 Å². The van der Waals surface area contributed by atoms with E-state index in [-0.39, 0.29) is 37.9 Å². The third kappa shape index (κ3) is 9.81. The fourth-order valence-corrected chi connectivity index (χ4v) is 1.15. The molecule has 0 heterocycles. The third-order valence-electron chi connectivity index (χ3n) is 1.94. The molecule has 0 atom stereocenters. The fraction of sp³-hybridized carbons (Fsp3) is 0.769. The van der Waals surface area contributed by atoms with Crippen LogP contribution in [-0.2, 0) is 23.9 Å². The molecule has 0 aromatic carbocycles. The summed E-state index contributed by atoms with van der Waals surface area (Å²) in [5, 5.41) is 0. The van der Waals surface area contributed by atoms with Gasteiger partial charge < -0.3 is 9.47 Å². The minimum atomic E-state index is -0.413. The van der Waals surface area contributed by atoms with Gasteiger partial charge in [-0.1, -0.05) is 27.7 Å². The lowest BCUT2D eigenvalue weighted by Crippen LogP contribution is -2.21. The average molecular weight is 258 g/mol. The summed E-state index contributed by atoms with van der Waals surface area (Å²) in [7, 11) is 0. The molecule has 5 nitrogen and oxygen atoms in total. The Hall–Kier alpha value is -1.39. The molecule has 0 N–H and O–H groups in total. The Kier molecular flexibility index (Phi) is 8.00. The van der Waals surface area contributed by atoms with E-state index in [1.165, 1.54) is 0 Å². The molecule has 0 aliphatic carbocycles. The molecule has 0 amide bonds. The Balaban J connectivity index is 3.72. The van der Waals surface area contributed by atoms with Crippen molar-refractivity contribution in [2.24, 2.45) is 11.8 Å². The van der Waals surface area contributed by atoms with Gasteiger partial charge in [-0.15, -0.1) is 0 Å². The molecule has 0 saturated carbocycles. The van der Waals surface area contributed by atoms with Crippen molar-refractivity contribution in [2.45, 2.75) is 40.5 Å². The molecule has 0 aromatic rings. The Morgan fingerprint density at radius 2 is 1.11 bits per heavy atom. The highest BCUT2D eigenvalue weighted by atomic mass is 16.6. The van der Waals surface area contributed by atoms with Crippen molar-refractivity contribution in [1.29, 1.82) is 0 Å². The van der Waals surface area contributed by atoms with Crippen LogP contribution in [0.1, 0.15) is 40.5 Å². The monoisotopic (exact) mass is 258 g/mol. The van der Waals surface area contributed by atoms with Gasteiger partial charge in [0.2, 0.25) is 5.78 Å². The highest BCUT2D eigenvalue weighted by Crippen LogP contribution is 2.02. The molecule has 0 aliphatic rings. The van der Waals surface area contributed by atoms with Crippen molar-refractivity contribution in [3.8, 4) is 0 Å². The van der Waals surface area contributed by atoms with Crippen LogP contribution in [0.2, 0.25) is 0 Å². The zero-order valence-electron chi connectivity index (χ0n) is 11.5. The number of hydrogen-bond donors (Lipinski definition) is 0. The van der Waals surface area contributed by atoms with Gasteiger partial charge in [-0.3, -0.25) is 14.4 Å². The van der Waals surface area contributed by atoms with E-state index < -0.39 is 17.7 Å². The predicted octanol–water partition coefficient (Wildman–Crippen LogP) is 1.73. The molecular formula is C13H22O5. The smallest absolute Gasteiger partial charge is 0.306 e. The molecule has 0 rings (SSSR count). The number of ether oxygens (including phenoxy) is 2. The van der Waals surface area contributed by atoms with Crippen LogP contribution in [0, 0.1) is 11.8 Å². The van der Waals surface area contributed by atoms with E-state index in [0.717, 1.165) is 0 Å². The molecule has 0 unspecified atom stereocenters. The number of rotatable bonds is 8. The SMILES string of the molecule is CC(C)CC(=O)OCC(=O)COC(=O)CC(C)C. The van der Waals surface area contributed by atoms with Gasteiger partial charge in [-0.2, -0.15) is 0 Å². The van der Waals surface area contributed by atoms with Gasteiger partial charge in [-0.25, -0.2) is 0 Å². The quantitative estimate of drug-likeness (QED) is 0.620. The Morgan fingerprint density at radius 3 is 1.39 bits per heavy atom. The Labute approximate surface area is 108 Å². The number of ketones is 1. The number of carbonyl (C=O) groups is 3. The van der Waals surface area contributed by atoms with E-state index in [4.69, 9.17) is 9.47 Å². The lowest BCUT2D eigenvalue weighted by Gasteiger charge is -2.07. The zero-order chi connectivity index (χ0) is 14.1. The van der Waals surface area contributed by atoms with Crippen LogP contribution in [0.15, 0.2) is 0 Å². The zero-order valence-corrected chi connectivity index (χ0v) is 11.5. The van der Waals surface area contributed by atoms with Crippen LogP contribution in [0.5, 0.6) is 0 Å². The van der Waals surface area contributed by atoms with E-state index >= 15 is 0 Å². The number of Topliss-reactive ketones (excluding diaryl/α,β-unsaturated/α-hetero) is 1. The molecule has 0 saturated heterocycles. The molecule has 5 heteroatoms. The van der Waals surface area contributed by atoms with Crippen LogP contribution >= 0.6 is 0 Å². The molecule has 0 aliphatic heterocycles. The molecular weight excluding hydrogens is 236 g/mol. The van der Waals surface area contributed by atoms with E-state index in [1.54, 1.807) is 0 Å². The Morgan fingerprint density at radius 1 is 0.778 bits per heavy atom. The molecule has 104 valence electrons. The van der Waals surface area contributed by atoms with Gasteiger partial charge in [0, 0.05) is 12.8 Å². The second-order valence-corrected chi connectivity index (χ2v) is 5.06. The van der Waals surface area contributed by atoms with Crippen molar-refractivity contribution >= 4 is 17.7 Å². The van der Waals surface area contributed by atoms with Crippen LogP contribution in [-0.4, -0.2) is 30.9 Å². The highest BCUT2D eigenvalue weighted by molar-refractivity contribution is 5.85. The van der Waals surface area contributed by atoms with Gasteiger partial charge in [0.05, 0.1) is 0 Å². The summed E-state index contributed by atoms with van der Waals surface area (Å²) < 4.78 is 9.50. The number of esters is 2. The molecule has 0 bridgehead atoms. The van der Waals surface area contributed by atoms with Crippen molar-refractivity contribution in [2.75, 3.05) is 13.2 Å². The second-order valence-electron chi connectivity index (χ2n) is 5.06. The first-order chi connectivity index (χ1) is 8.31. The summed E-state index contributed by atoms with van der Waals surface area (Å²) in [6.45, 7) is 6.88. The van der Waals surface area contributed by atoms with E-state index in [9.17, 15) is 14.4 Å². The average Bonchev–Trinajstić information content (AvgIpc) is 2.21. The fourth-order valence-electron chi connectivity index (χ4n) is 1.15. The minimum absolute atomic E-state index is 0.191. The van der Waals surface area contributed by atoms with Crippen molar-refractivity contribution in [1.82, 2.24) is 0 Å². The van der Waals surface area contributed by atoms with E-state index in [1.807, 2.05) is 27.7 Å². The standard InChI is InChI=1S/C13H22O5/c1-9(2)5-12(15)17-7-11(14)8-18-13(16)6-10(3)4/h9-10H,5-8H2,1-4H3. The lowest BCUT2D eigenvalue weighted by atomic mass is 10.1. The lowest BCUT2D eigenvalue weighted by molar-refractivity contribution is -0.153. The van der Waals surface area contributed by atoms with Gasteiger partial charge in [-0.05, 0) is 11.8 Å². The van der Waals surface area contributed by atoms with Crippen LogP contribution in [0.4, 0.5) is 0 Å². The first-order valence-corrected chi connectivity index (χ1v) is 6.14. The normalized spacial score (nSPS) is 10.6. The van der Waals surface area contributed by atoms with Crippen molar-refractivity contribution < 1.29 is 23.9 Å². The summed E-state index contributed by atoms with van der Waals surface area (Å²) in [5.74, 6) is -0.851. The molecule has 18 heavy (non-hydrogen) atoms. The predicted molar refractivity (Wildman–Crippen MR) is 65.8 cm³/mol. The summed E-state index contributed by atoms with van der Waals surface area (Å²) in [6.07, 6.45) is 0.556.